The van der Waals surface area contributed by atoms with Gasteiger partial charge < -0.3 is 20.4 Å². The van der Waals surface area contributed by atoms with E-state index in [4.69, 9.17) is 20.4 Å². The third-order valence-corrected chi connectivity index (χ3v) is 1.32. The second kappa shape index (κ2) is 4.09. The van der Waals surface area contributed by atoms with Crippen LogP contribution in [-0.2, 0) is 19.5 Å². The van der Waals surface area contributed by atoms with Crippen LogP contribution in [0.15, 0.2) is 12.1 Å². The van der Waals surface area contributed by atoms with Gasteiger partial charge in [-0.15, -0.1) is 0 Å². The van der Waals surface area contributed by atoms with Crippen molar-refractivity contribution in [2.75, 3.05) is 0 Å². The number of benzene rings is 1. The Morgan fingerprint density at radius 3 is 1.77 bits per heavy atom. The van der Waals surface area contributed by atoms with Gasteiger partial charge in [0.05, 0.1) is 5.56 Å². The normalized spacial score (nSPS) is 8.92. The zero-order valence-electron chi connectivity index (χ0n) is 6.56. The fourth-order valence-corrected chi connectivity index (χ4v) is 0.728. The molecule has 0 aliphatic carbocycles. The number of hydrogen-bond acceptors (Lipinski definition) is 4. The van der Waals surface area contributed by atoms with E-state index in [0.29, 0.717) is 0 Å². The third-order valence-electron chi connectivity index (χ3n) is 1.32. The zero-order chi connectivity index (χ0) is 9.30. The first-order chi connectivity index (χ1) is 5.52. The molecule has 0 spiro atoms. The Labute approximate surface area is 86.0 Å². The van der Waals surface area contributed by atoms with Crippen LogP contribution in [0.25, 0.3) is 0 Å². The van der Waals surface area contributed by atoms with Crippen molar-refractivity contribution in [1.82, 2.24) is 0 Å². The van der Waals surface area contributed by atoms with E-state index in [1.165, 1.54) is 0 Å². The molecule has 6 heteroatoms. The van der Waals surface area contributed by atoms with Crippen molar-refractivity contribution in [2.24, 2.45) is 0 Å². The van der Waals surface area contributed by atoms with E-state index in [2.05, 4.69) is 0 Å². The molecule has 0 unspecified atom stereocenters. The van der Waals surface area contributed by atoms with E-state index in [1.807, 2.05) is 0 Å². The summed E-state index contributed by atoms with van der Waals surface area (Å²) < 4.78 is 0. The quantitative estimate of drug-likeness (QED) is 0.420. The molecule has 66 valence electrons. The van der Waals surface area contributed by atoms with Crippen LogP contribution in [0.4, 0.5) is 0 Å². The average molecular weight is 236 g/mol. The summed E-state index contributed by atoms with van der Waals surface area (Å²) in [5.41, 5.74) is -0.289. The van der Waals surface area contributed by atoms with Crippen molar-refractivity contribution < 1.29 is 44.7 Å². The van der Waals surface area contributed by atoms with Crippen LogP contribution in [0.1, 0.15) is 10.4 Å². The SMILES string of the molecule is O=C(O)c1cc(O)c(O)c(O)c1.[Zn]. The van der Waals surface area contributed by atoms with Gasteiger partial charge in [0.1, 0.15) is 0 Å². The van der Waals surface area contributed by atoms with Crippen LogP contribution < -0.4 is 0 Å². The minimum Gasteiger partial charge on any atom is -0.504 e. The van der Waals surface area contributed by atoms with Gasteiger partial charge in [0.25, 0.3) is 0 Å². The van der Waals surface area contributed by atoms with Gasteiger partial charge in [0.15, 0.2) is 17.2 Å². The van der Waals surface area contributed by atoms with Gasteiger partial charge >= 0.3 is 5.97 Å². The third kappa shape index (κ3) is 2.32. The minimum atomic E-state index is -1.29. The maximum Gasteiger partial charge on any atom is 0.335 e. The Kier molecular flexibility index (Phi) is 3.69. The number of carboxylic acids is 1. The molecule has 1 aromatic rings. The van der Waals surface area contributed by atoms with Crippen LogP contribution in [0.5, 0.6) is 17.2 Å². The largest absolute Gasteiger partial charge is 0.504 e. The van der Waals surface area contributed by atoms with Crippen molar-refractivity contribution in [3.8, 4) is 17.2 Å². The monoisotopic (exact) mass is 234 g/mol. The molecule has 0 aliphatic heterocycles. The first kappa shape index (κ1) is 11.7. The second-order valence-corrected chi connectivity index (χ2v) is 2.17. The smallest absolute Gasteiger partial charge is 0.335 e. The van der Waals surface area contributed by atoms with Crippen LogP contribution in [0, 0.1) is 0 Å². The average Bonchev–Trinajstić information content (AvgIpc) is 1.99. The molecular formula is C7H6O5Zn. The van der Waals surface area contributed by atoms with Gasteiger partial charge in [0.2, 0.25) is 0 Å². The van der Waals surface area contributed by atoms with E-state index in [-0.39, 0.29) is 25.0 Å². The summed E-state index contributed by atoms with van der Waals surface area (Å²) in [6, 6.07) is 1.69. The molecule has 0 radical (unpaired) electrons. The van der Waals surface area contributed by atoms with Gasteiger partial charge in [-0.3, -0.25) is 0 Å². The molecular weight excluding hydrogens is 229 g/mol. The van der Waals surface area contributed by atoms with Crippen molar-refractivity contribution in [3.05, 3.63) is 17.7 Å². The number of carbonyl (C=O) groups is 1. The number of carboxylic acid groups (broad SMARTS) is 1. The van der Waals surface area contributed by atoms with Crippen molar-refractivity contribution in [3.63, 3.8) is 0 Å². The molecule has 4 N–H and O–H groups in total. The molecule has 0 aliphatic rings. The number of aromatic carboxylic acids is 1. The number of phenolic OH excluding ortho intramolecular Hbond substituents is 3. The predicted molar refractivity (Wildman–Crippen MR) is 38.4 cm³/mol. The molecule has 0 heterocycles. The summed E-state index contributed by atoms with van der Waals surface area (Å²) in [4.78, 5) is 10.3. The summed E-state index contributed by atoms with van der Waals surface area (Å²) in [7, 11) is 0. The minimum absolute atomic E-state index is 0. The summed E-state index contributed by atoms with van der Waals surface area (Å²) >= 11 is 0. The molecule has 0 bridgehead atoms. The van der Waals surface area contributed by atoms with E-state index < -0.39 is 23.2 Å². The Morgan fingerprint density at radius 1 is 1.08 bits per heavy atom. The maximum atomic E-state index is 10.3. The molecule has 0 saturated heterocycles. The van der Waals surface area contributed by atoms with Crippen molar-refractivity contribution >= 4 is 5.97 Å². The van der Waals surface area contributed by atoms with Crippen LogP contribution in [0.3, 0.4) is 0 Å². The van der Waals surface area contributed by atoms with Gasteiger partial charge in [-0.25, -0.2) is 4.79 Å². The topological polar surface area (TPSA) is 98.0 Å². The van der Waals surface area contributed by atoms with Gasteiger partial charge in [-0.2, -0.15) is 0 Å². The second-order valence-electron chi connectivity index (χ2n) is 2.17. The molecule has 0 fully saturated rings. The summed E-state index contributed by atoms with van der Waals surface area (Å²) in [6.07, 6.45) is 0. The standard InChI is InChI=1S/C7H6O5.Zn/c8-4-1-3(7(11)12)2-5(9)6(4)10;/h1-2,8-10H,(H,11,12);. The van der Waals surface area contributed by atoms with Crippen LogP contribution in [-0.4, -0.2) is 26.4 Å². The van der Waals surface area contributed by atoms with E-state index in [0.717, 1.165) is 12.1 Å². The first-order valence-corrected chi connectivity index (χ1v) is 3.00. The fraction of sp³-hybridized carbons (Fsp3) is 0. The summed E-state index contributed by atoms with van der Waals surface area (Å²) in [6.45, 7) is 0. The Hall–Kier alpha value is -1.29. The molecule has 0 aromatic heterocycles. The summed E-state index contributed by atoms with van der Waals surface area (Å²) in [5.74, 6) is -3.33. The van der Waals surface area contributed by atoms with E-state index in [9.17, 15) is 4.79 Å². The maximum absolute atomic E-state index is 10.3. The van der Waals surface area contributed by atoms with Gasteiger partial charge in [-0.05, 0) is 12.1 Å². The van der Waals surface area contributed by atoms with Gasteiger partial charge in [0, 0.05) is 19.5 Å². The van der Waals surface area contributed by atoms with E-state index >= 15 is 0 Å². The molecule has 5 nitrogen and oxygen atoms in total. The summed E-state index contributed by atoms with van der Waals surface area (Å²) in [5, 5.41) is 35.0. The Bertz CT molecular complexity index is 313. The Balaban J connectivity index is 0.00000144. The molecule has 0 saturated carbocycles. The van der Waals surface area contributed by atoms with Crippen LogP contribution >= 0.6 is 0 Å². The molecule has 0 amide bonds. The van der Waals surface area contributed by atoms with Crippen molar-refractivity contribution in [2.45, 2.75) is 0 Å². The number of aromatic hydroxyl groups is 3. The fourth-order valence-electron chi connectivity index (χ4n) is 0.728. The zero-order valence-corrected chi connectivity index (χ0v) is 9.53. The van der Waals surface area contributed by atoms with E-state index in [1.54, 1.807) is 0 Å². The number of rotatable bonds is 1. The molecule has 1 aromatic carbocycles. The number of hydrogen-bond donors (Lipinski definition) is 4. The van der Waals surface area contributed by atoms with Crippen molar-refractivity contribution in [1.29, 1.82) is 0 Å². The van der Waals surface area contributed by atoms with Gasteiger partial charge in [-0.1, -0.05) is 0 Å². The molecule has 0 atom stereocenters. The molecule has 13 heavy (non-hydrogen) atoms. The number of phenols is 3. The van der Waals surface area contributed by atoms with Crippen LogP contribution in [0.2, 0.25) is 0 Å². The predicted octanol–water partition coefficient (Wildman–Crippen LogP) is 0.499. The molecule has 1 rings (SSSR count). The first-order valence-electron chi connectivity index (χ1n) is 3.00. The Morgan fingerprint density at radius 2 is 1.46 bits per heavy atom.